The van der Waals surface area contributed by atoms with E-state index in [0.29, 0.717) is 17.0 Å². The summed E-state index contributed by atoms with van der Waals surface area (Å²) in [7, 11) is -1.96. The second-order valence-electron chi connectivity index (χ2n) is 10.3. The zero-order chi connectivity index (χ0) is 30.2. The molecule has 0 bridgehead atoms. The van der Waals surface area contributed by atoms with Crippen molar-refractivity contribution in [3.8, 4) is 0 Å². The lowest BCUT2D eigenvalue weighted by Gasteiger charge is -2.32. The molecule has 1 aliphatic carbocycles. The van der Waals surface area contributed by atoms with Crippen molar-refractivity contribution >= 4 is 45.7 Å². The molecule has 222 valence electrons. The van der Waals surface area contributed by atoms with Crippen LogP contribution < -0.4 is 15.5 Å². The lowest BCUT2D eigenvalue weighted by atomic mass is 9.95. The molecule has 42 heavy (non-hydrogen) atoms. The number of amides is 3. The maximum Gasteiger partial charge on any atom is 0.251 e. The molecule has 3 amide bonds. The molecular formula is C31H34FN3O6S. The molecule has 3 aromatic rings. The Morgan fingerprint density at radius 1 is 1.00 bits per heavy atom. The topological polar surface area (TPSA) is 126 Å². The molecule has 4 rings (SSSR count). The highest BCUT2D eigenvalue weighted by Crippen LogP contribution is 2.31. The normalized spacial score (nSPS) is 14.9. The van der Waals surface area contributed by atoms with Gasteiger partial charge in [-0.25, -0.2) is 4.39 Å². The highest BCUT2D eigenvalue weighted by Gasteiger charge is 2.37. The molecule has 9 nitrogen and oxygen atoms in total. The van der Waals surface area contributed by atoms with Gasteiger partial charge in [-0.15, -0.1) is 0 Å². The molecule has 2 N–H and O–H groups in total. The van der Waals surface area contributed by atoms with Crippen LogP contribution >= 0.6 is 0 Å². The number of aryl methyl sites for hydroxylation is 1. The average molecular weight is 596 g/mol. The van der Waals surface area contributed by atoms with Crippen molar-refractivity contribution in [2.24, 2.45) is 0 Å². The van der Waals surface area contributed by atoms with Gasteiger partial charge in [0.25, 0.3) is 5.91 Å². The number of carbonyl (C=O) groups excluding carboxylic acids is 4. The minimum Gasteiger partial charge on any atom is -0.464 e. The van der Waals surface area contributed by atoms with Gasteiger partial charge in [0.2, 0.25) is 11.8 Å². The summed E-state index contributed by atoms with van der Waals surface area (Å²) in [5.74, 6) is -2.80. The second-order valence-corrected chi connectivity index (χ2v) is 11.8. The molecule has 0 saturated heterocycles. The van der Waals surface area contributed by atoms with Gasteiger partial charge in [-0.2, -0.15) is 0 Å². The van der Waals surface area contributed by atoms with Crippen LogP contribution in [0.25, 0.3) is 0 Å². The van der Waals surface area contributed by atoms with E-state index in [2.05, 4.69) is 10.6 Å². The van der Waals surface area contributed by atoms with Crippen molar-refractivity contribution in [2.75, 3.05) is 21.7 Å². The minimum atomic E-state index is -1.96. The number of ketones is 1. The summed E-state index contributed by atoms with van der Waals surface area (Å²) in [6, 6.07) is 13.4. The average Bonchev–Trinajstić information content (AvgIpc) is 3.38. The van der Waals surface area contributed by atoms with Crippen LogP contribution in [0.3, 0.4) is 0 Å². The molecule has 1 fully saturated rings. The van der Waals surface area contributed by atoms with E-state index >= 15 is 0 Å². The number of anilines is 2. The van der Waals surface area contributed by atoms with Crippen LogP contribution in [0.4, 0.5) is 15.8 Å². The first-order valence-electron chi connectivity index (χ1n) is 13.8. The highest BCUT2D eigenvalue weighted by atomic mass is 32.2. The molecule has 2 aromatic carbocycles. The third-order valence-electron chi connectivity index (χ3n) is 6.99. The molecule has 1 heterocycles. The Bertz CT molecular complexity index is 1470. The molecule has 11 heteroatoms. The number of hydrogen-bond donors (Lipinski definition) is 2. The second kappa shape index (κ2) is 14.2. The smallest absolute Gasteiger partial charge is 0.251 e. The molecule has 1 saturated carbocycles. The lowest BCUT2D eigenvalue weighted by molar-refractivity contribution is -0.127. The van der Waals surface area contributed by atoms with Gasteiger partial charge in [-0.1, -0.05) is 31.4 Å². The number of hydrogen-bond acceptors (Lipinski definition) is 6. The Morgan fingerprint density at radius 2 is 1.71 bits per heavy atom. The fraction of sp³-hybridized carbons (Fsp3) is 0.355. The number of Topliss-reactive ketones (excluding diaryl/α,β-unsaturated/α-hetero) is 1. The number of rotatable bonds is 11. The van der Waals surface area contributed by atoms with Gasteiger partial charge in [-0.05, 0) is 75.2 Å². The first kappa shape index (κ1) is 30.8. The maximum absolute atomic E-state index is 13.9. The van der Waals surface area contributed by atoms with Crippen LogP contribution in [0, 0.1) is 12.7 Å². The summed E-state index contributed by atoms with van der Waals surface area (Å²) in [5.41, 5.74) is 0.894. The molecule has 0 spiro atoms. The SMILES string of the molecule is CC(=O)c1cccc(N(C(=O)C[S@](=O)CC(=O)Nc2ccc(F)cc2)[C@@H](C(=O)NC2CCCCC2)c2ccc(C)o2)c1. The first-order chi connectivity index (χ1) is 20.1. The summed E-state index contributed by atoms with van der Waals surface area (Å²) in [6.45, 7) is 3.11. The van der Waals surface area contributed by atoms with E-state index in [9.17, 15) is 27.8 Å². The Balaban J connectivity index is 1.62. The van der Waals surface area contributed by atoms with Crippen molar-refractivity contribution in [2.45, 2.75) is 58.0 Å². The lowest BCUT2D eigenvalue weighted by Crippen LogP contribution is -2.48. The maximum atomic E-state index is 13.9. The predicted molar refractivity (Wildman–Crippen MR) is 158 cm³/mol. The summed E-state index contributed by atoms with van der Waals surface area (Å²) in [6.07, 6.45) is 4.69. The Labute approximate surface area is 246 Å². The van der Waals surface area contributed by atoms with Crippen molar-refractivity contribution in [1.29, 1.82) is 0 Å². The van der Waals surface area contributed by atoms with Crippen LogP contribution in [0.1, 0.15) is 66.9 Å². The van der Waals surface area contributed by atoms with Crippen LogP contribution in [0.2, 0.25) is 0 Å². The number of benzene rings is 2. The third-order valence-corrected chi connectivity index (χ3v) is 8.15. The monoisotopic (exact) mass is 595 g/mol. The van der Waals surface area contributed by atoms with Gasteiger partial charge in [0.05, 0.1) is 0 Å². The van der Waals surface area contributed by atoms with E-state index < -0.39 is 51.9 Å². The quantitative estimate of drug-likeness (QED) is 0.306. The van der Waals surface area contributed by atoms with Crippen LogP contribution in [0.15, 0.2) is 65.1 Å². The zero-order valence-corrected chi connectivity index (χ0v) is 24.4. The van der Waals surface area contributed by atoms with E-state index in [4.69, 9.17) is 4.42 Å². The van der Waals surface area contributed by atoms with Crippen molar-refractivity contribution in [1.82, 2.24) is 5.32 Å². The Kier molecular flexibility index (Phi) is 10.4. The van der Waals surface area contributed by atoms with Gasteiger partial charge in [0.15, 0.2) is 11.8 Å². The molecule has 0 aliphatic heterocycles. The summed E-state index contributed by atoms with van der Waals surface area (Å²) in [4.78, 5) is 53.6. The summed E-state index contributed by atoms with van der Waals surface area (Å²) < 4.78 is 32.1. The van der Waals surface area contributed by atoms with Crippen molar-refractivity contribution < 1.29 is 32.2 Å². The van der Waals surface area contributed by atoms with Gasteiger partial charge < -0.3 is 15.1 Å². The molecular weight excluding hydrogens is 561 g/mol. The van der Waals surface area contributed by atoms with Crippen LogP contribution in [0.5, 0.6) is 0 Å². The Morgan fingerprint density at radius 3 is 2.36 bits per heavy atom. The summed E-state index contributed by atoms with van der Waals surface area (Å²) in [5, 5.41) is 5.59. The first-order valence-corrected chi connectivity index (χ1v) is 15.3. The highest BCUT2D eigenvalue weighted by molar-refractivity contribution is 7.86. The predicted octanol–water partition coefficient (Wildman–Crippen LogP) is 4.84. The number of furan rings is 1. The fourth-order valence-electron chi connectivity index (χ4n) is 4.95. The molecule has 1 aliphatic rings. The van der Waals surface area contributed by atoms with Gasteiger partial charge in [0.1, 0.15) is 28.8 Å². The van der Waals surface area contributed by atoms with Gasteiger partial charge in [-0.3, -0.25) is 28.3 Å². The molecule has 1 aromatic heterocycles. The Hall–Kier alpha value is -4.12. The van der Waals surface area contributed by atoms with E-state index in [0.717, 1.165) is 32.1 Å². The van der Waals surface area contributed by atoms with E-state index in [1.165, 1.54) is 42.2 Å². The van der Waals surface area contributed by atoms with E-state index in [1.807, 2.05) is 0 Å². The number of nitrogens with one attached hydrogen (secondary N) is 2. The number of nitrogens with zero attached hydrogens (tertiary/aromatic N) is 1. The minimum absolute atomic E-state index is 0.0606. The summed E-state index contributed by atoms with van der Waals surface area (Å²) >= 11 is 0. The number of halogens is 1. The van der Waals surface area contributed by atoms with E-state index in [1.54, 1.807) is 37.3 Å². The van der Waals surface area contributed by atoms with Crippen LogP contribution in [-0.4, -0.2) is 45.3 Å². The molecule has 2 atom stereocenters. The van der Waals surface area contributed by atoms with Gasteiger partial charge >= 0.3 is 0 Å². The van der Waals surface area contributed by atoms with Crippen molar-refractivity contribution in [3.05, 3.63) is 83.6 Å². The molecule has 0 unspecified atom stereocenters. The van der Waals surface area contributed by atoms with Gasteiger partial charge in [0, 0.05) is 33.8 Å². The molecule has 0 radical (unpaired) electrons. The number of carbonyl (C=O) groups is 4. The standard InChI is InChI=1S/C31H34FN3O6S/c1-20-11-16-27(41-20)30(31(39)34-24-8-4-3-5-9-24)35(26-10-6-7-22(17-26)21(2)36)29(38)19-42(40)18-28(37)33-25-14-12-23(32)13-15-25/h6-7,10-17,24,30H,3-5,8-9,18-19H2,1-2H3,(H,33,37)(H,34,39)/t30-,42-/m1/s1. The third kappa shape index (κ3) is 8.22. The van der Waals surface area contributed by atoms with Crippen LogP contribution in [-0.2, 0) is 25.2 Å². The fourth-order valence-corrected chi connectivity index (χ4v) is 5.83. The largest absolute Gasteiger partial charge is 0.464 e. The zero-order valence-electron chi connectivity index (χ0n) is 23.6. The van der Waals surface area contributed by atoms with E-state index in [-0.39, 0.29) is 23.3 Å². The van der Waals surface area contributed by atoms with Crippen molar-refractivity contribution in [3.63, 3.8) is 0 Å².